The van der Waals surface area contributed by atoms with Gasteiger partial charge in [0, 0.05) is 69.4 Å². The Kier molecular flexibility index (Phi) is 21.9. The van der Waals surface area contributed by atoms with Gasteiger partial charge in [-0.05, 0) is 171 Å². The van der Waals surface area contributed by atoms with Crippen LogP contribution in [0.3, 0.4) is 0 Å². The number of nitrogens with zero attached hydrogens (tertiary/aromatic N) is 4. The second kappa shape index (κ2) is 25.2. The van der Waals surface area contributed by atoms with Gasteiger partial charge in [0.05, 0.1) is 22.2 Å². The van der Waals surface area contributed by atoms with Crippen LogP contribution in [0.4, 0.5) is 0 Å². The third-order valence-corrected chi connectivity index (χ3v) is 16.2. The molecule has 4 aromatic carbocycles. The van der Waals surface area contributed by atoms with Crippen molar-refractivity contribution >= 4 is 24.9 Å². The summed E-state index contributed by atoms with van der Waals surface area (Å²) >= 11 is 0. The van der Waals surface area contributed by atoms with E-state index in [2.05, 4.69) is 270 Å². The van der Waals surface area contributed by atoms with E-state index in [1.165, 1.54) is 22.3 Å². The smallest absolute Gasteiger partial charge is 0.128 e. The normalized spacial score (nSPS) is 14.4. The average Bonchev–Trinajstić information content (AvgIpc) is 3.52. The van der Waals surface area contributed by atoms with Crippen molar-refractivity contribution in [3.63, 3.8) is 0 Å². The summed E-state index contributed by atoms with van der Waals surface area (Å²) in [6.45, 7) is 69.0. The summed E-state index contributed by atoms with van der Waals surface area (Å²) in [5, 5.41) is 44.7. The Hall–Kier alpha value is -5.24. The van der Waals surface area contributed by atoms with E-state index >= 15 is 0 Å². The molecule has 0 amide bonds. The molecule has 0 aliphatic carbocycles. The molecule has 468 valence electrons. The Morgan fingerprint density at radius 1 is 0.238 bits per heavy atom. The van der Waals surface area contributed by atoms with Crippen molar-refractivity contribution in [1.82, 2.24) is 0 Å². The molecule has 0 aromatic heterocycles. The minimum atomic E-state index is -0.341. The minimum absolute atomic E-state index is 0.0394. The summed E-state index contributed by atoms with van der Waals surface area (Å²) < 4.78 is 0. The van der Waals surface area contributed by atoms with Crippen molar-refractivity contribution in [2.24, 2.45) is 20.0 Å². The zero-order valence-corrected chi connectivity index (χ0v) is 59.3. The van der Waals surface area contributed by atoms with Crippen LogP contribution in [0.15, 0.2) is 68.5 Å². The van der Waals surface area contributed by atoms with E-state index in [4.69, 9.17) is 20.0 Å². The SMILES string of the molecule is CC(C)(CCC(C)(C)N=Cc1cc(C(C)(C)C)cc(C(C)(C)C)c1O)N=Cc1cc(C(C)(C)C)cc(C(C)(C)C)c1O.CC(C)(CCC(C)(C)N=Cc1cc(C(C)(C)C)cc(C(C)(C)C)c1O)N=Cc1cc(C(C)(C)C)cc(C(C)(C)C)c1O. The fraction of sp³-hybridized carbons (Fsp3) is 0.632. The minimum Gasteiger partial charge on any atom is -0.507 e. The Morgan fingerprint density at radius 3 is 0.500 bits per heavy atom. The number of benzene rings is 4. The van der Waals surface area contributed by atoms with Gasteiger partial charge in [-0.15, -0.1) is 0 Å². The van der Waals surface area contributed by atoms with E-state index in [-0.39, 0.29) is 65.5 Å². The average molecular weight is 1150 g/mol. The van der Waals surface area contributed by atoms with E-state index in [1.54, 1.807) is 0 Å². The maximum atomic E-state index is 11.2. The lowest BCUT2D eigenvalue weighted by molar-refractivity contribution is 0.381. The molecule has 0 fully saturated rings. The zero-order valence-electron chi connectivity index (χ0n) is 59.3. The molecule has 4 aromatic rings. The Labute approximate surface area is 513 Å². The lowest BCUT2D eigenvalue weighted by atomic mass is 9.79. The highest BCUT2D eigenvalue weighted by Crippen LogP contribution is 2.42. The van der Waals surface area contributed by atoms with Gasteiger partial charge in [-0.2, -0.15) is 0 Å². The van der Waals surface area contributed by atoms with Crippen LogP contribution in [0, 0.1) is 0 Å². The summed E-state index contributed by atoms with van der Waals surface area (Å²) in [4.78, 5) is 19.9. The third-order valence-electron chi connectivity index (χ3n) is 16.2. The van der Waals surface area contributed by atoms with Crippen molar-refractivity contribution in [3.05, 3.63) is 115 Å². The molecule has 0 radical (unpaired) electrons. The molecule has 0 spiro atoms. The molecular formula is C76H120N4O4. The number of hydrogen-bond acceptors (Lipinski definition) is 8. The molecule has 8 nitrogen and oxygen atoms in total. The maximum Gasteiger partial charge on any atom is 0.128 e. The molecule has 0 bridgehead atoms. The van der Waals surface area contributed by atoms with Crippen LogP contribution in [-0.4, -0.2) is 67.4 Å². The fourth-order valence-electron chi connectivity index (χ4n) is 9.50. The predicted molar refractivity (Wildman–Crippen MR) is 367 cm³/mol. The number of phenolic OH excluding ortho intramolecular Hbond substituents is 4. The highest BCUT2D eigenvalue weighted by molar-refractivity contribution is 5.87. The topological polar surface area (TPSA) is 130 Å². The van der Waals surface area contributed by atoms with Crippen LogP contribution in [0.25, 0.3) is 0 Å². The second-order valence-electron chi connectivity index (χ2n) is 35.1. The predicted octanol–water partition coefficient (Wildman–Crippen LogP) is 20.3. The van der Waals surface area contributed by atoms with E-state index in [1.807, 2.05) is 24.9 Å². The first-order valence-electron chi connectivity index (χ1n) is 31.0. The van der Waals surface area contributed by atoms with Gasteiger partial charge < -0.3 is 20.4 Å². The Bertz CT molecular complexity index is 2630. The van der Waals surface area contributed by atoms with Gasteiger partial charge in [0.15, 0.2) is 0 Å². The van der Waals surface area contributed by atoms with Crippen molar-refractivity contribution < 1.29 is 20.4 Å². The van der Waals surface area contributed by atoms with E-state index in [0.717, 1.165) is 70.2 Å². The van der Waals surface area contributed by atoms with Gasteiger partial charge in [-0.25, -0.2) is 0 Å². The van der Waals surface area contributed by atoms with Crippen molar-refractivity contribution in [3.8, 4) is 23.0 Å². The summed E-state index contributed by atoms with van der Waals surface area (Å²) in [5.74, 6) is 1.25. The number of rotatable bonds is 14. The summed E-state index contributed by atoms with van der Waals surface area (Å²) in [5.41, 5.74) is 9.34. The first-order valence-corrected chi connectivity index (χ1v) is 31.0. The third kappa shape index (κ3) is 21.0. The molecule has 0 unspecified atom stereocenters. The molecular weight excluding hydrogens is 1030 g/mol. The lowest BCUT2D eigenvalue weighted by Gasteiger charge is -2.28. The summed E-state index contributed by atoms with van der Waals surface area (Å²) in [6, 6.07) is 16.8. The quantitative estimate of drug-likeness (QED) is 0.0937. The Morgan fingerprint density at radius 2 is 0.381 bits per heavy atom. The first kappa shape index (κ1) is 73.0. The van der Waals surface area contributed by atoms with E-state index < -0.39 is 0 Å². The van der Waals surface area contributed by atoms with Crippen LogP contribution in [0.5, 0.6) is 23.0 Å². The second-order valence-corrected chi connectivity index (χ2v) is 35.1. The van der Waals surface area contributed by atoms with Gasteiger partial charge >= 0.3 is 0 Å². The van der Waals surface area contributed by atoms with Gasteiger partial charge in [-0.1, -0.05) is 190 Å². The summed E-state index contributed by atoms with van der Waals surface area (Å²) in [6.07, 6.45) is 10.7. The molecule has 0 aliphatic rings. The number of phenols is 4. The maximum absolute atomic E-state index is 11.2. The van der Waals surface area contributed by atoms with Crippen molar-refractivity contribution in [2.45, 2.75) is 313 Å². The van der Waals surface area contributed by atoms with Crippen LogP contribution >= 0.6 is 0 Å². The first-order chi connectivity index (χ1) is 37.3. The molecule has 4 rings (SSSR count). The molecule has 0 atom stereocenters. The number of aromatic hydroxyl groups is 4. The zero-order chi connectivity index (χ0) is 65.4. The van der Waals surface area contributed by atoms with E-state index in [0.29, 0.717) is 23.0 Å². The molecule has 0 heterocycles. The van der Waals surface area contributed by atoms with Gasteiger partial charge in [-0.3, -0.25) is 20.0 Å². The fourth-order valence-corrected chi connectivity index (χ4v) is 9.50. The lowest BCUT2D eigenvalue weighted by Crippen LogP contribution is -2.25. The molecule has 84 heavy (non-hydrogen) atoms. The highest BCUT2D eigenvalue weighted by atomic mass is 16.3. The van der Waals surface area contributed by atoms with Gasteiger partial charge in [0.2, 0.25) is 0 Å². The molecule has 0 aliphatic heterocycles. The van der Waals surface area contributed by atoms with E-state index in [9.17, 15) is 20.4 Å². The van der Waals surface area contributed by atoms with Crippen LogP contribution < -0.4 is 0 Å². The number of hydrogen-bond donors (Lipinski definition) is 4. The molecule has 8 heteroatoms. The monoisotopic (exact) mass is 1150 g/mol. The van der Waals surface area contributed by atoms with Crippen LogP contribution in [0.1, 0.15) is 314 Å². The number of aliphatic imine (C=N–C) groups is 4. The van der Waals surface area contributed by atoms with Crippen LogP contribution in [0.2, 0.25) is 0 Å². The highest BCUT2D eigenvalue weighted by Gasteiger charge is 2.31. The van der Waals surface area contributed by atoms with Gasteiger partial charge in [0.1, 0.15) is 23.0 Å². The Balaban J connectivity index is 0.000000440. The standard InChI is InChI=1S/2C38H60N2O2/c2*1-33(2,3)27-19-25(31(41)29(21-27)35(7,8)9)23-39-37(13,14)17-18-38(15,16)40-24-26-20-28(34(4,5)6)22-30(32(26)42)36(10,11)12/h2*19-24,41-42H,17-18H2,1-16H3. The van der Waals surface area contributed by atoms with Crippen LogP contribution in [-0.2, 0) is 43.3 Å². The molecule has 0 saturated heterocycles. The largest absolute Gasteiger partial charge is 0.507 e. The molecule has 0 saturated carbocycles. The van der Waals surface area contributed by atoms with Crippen molar-refractivity contribution in [2.75, 3.05) is 0 Å². The molecule has 4 N–H and O–H groups in total. The van der Waals surface area contributed by atoms with Crippen molar-refractivity contribution in [1.29, 1.82) is 0 Å². The van der Waals surface area contributed by atoms with Gasteiger partial charge in [0.25, 0.3) is 0 Å². The summed E-state index contributed by atoms with van der Waals surface area (Å²) in [7, 11) is 0.